The number of hydrogen-bond donors (Lipinski definition) is 3. The Balaban J connectivity index is 1.98. The van der Waals surface area contributed by atoms with Gasteiger partial charge < -0.3 is 16.0 Å². The lowest BCUT2D eigenvalue weighted by Gasteiger charge is -2.17. The second-order valence-corrected chi connectivity index (χ2v) is 6.74. The summed E-state index contributed by atoms with van der Waals surface area (Å²) in [6.45, 7) is 6.09. The molecule has 138 valence electrons. The summed E-state index contributed by atoms with van der Waals surface area (Å²) in [5, 5.41) is 7.42. The van der Waals surface area contributed by atoms with Gasteiger partial charge in [-0.1, -0.05) is 60.2 Å². The number of amides is 2. The third-order valence-electron chi connectivity index (χ3n) is 4.03. The van der Waals surface area contributed by atoms with Gasteiger partial charge in [0.05, 0.1) is 6.54 Å². The maximum Gasteiger partial charge on any atom is 0.275 e. The summed E-state index contributed by atoms with van der Waals surface area (Å²) in [4.78, 5) is 23.8. The molecule has 0 fully saturated rings. The molecule has 5 heteroatoms. The quantitative estimate of drug-likeness (QED) is 0.668. The summed E-state index contributed by atoms with van der Waals surface area (Å²) >= 11 is 0. The third kappa shape index (κ3) is 6.33. The van der Waals surface area contributed by atoms with Gasteiger partial charge in [0.2, 0.25) is 5.91 Å². The Morgan fingerprint density at radius 2 is 1.54 bits per heavy atom. The average Bonchev–Trinajstić information content (AvgIpc) is 2.62. The lowest BCUT2D eigenvalue weighted by atomic mass is 9.98. The van der Waals surface area contributed by atoms with Gasteiger partial charge in [-0.2, -0.15) is 0 Å². The van der Waals surface area contributed by atoms with Crippen LogP contribution in [0.3, 0.4) is 0 Å². The highest BCUT2D eigenvalue weighted by Crippen LogP contribution is 2.18. The van der Waals surface area contributed by atoms with Crippen LogP contribution in [-0.2, 0) is 9.59 Å². The molecule has 4 N–H and O–H groups in total. The lowest BCUT2D eigenvalue weighted by molar-refractivity contribution is -0.676. The Hall–Kier alpha value is -2.66. The van der Waals surface area contributed by atoms with E-state index in [1.807, 2.05) is 37.4 Å². The SMILES string of the molecule is Cc1ccc([C@@H]([NH2+]CC(=O)NCC(=O)NC(C)C)c2ccccc2)cc1. The average molecular weight is 354 g/mol. The first kappa shape index (κ1) is 19.7. The van der Waals surface area contributed by atoms with Crippen molar-refractivity contribution in [1.82, 2.24) is 10.6 Å². The highest BCUT2D eigenvalue weighted by molar-refractivity contribution is 5.85. The van der Waals surface area contributed by atoms with Crippen molar-refractivity contribution in [2.45, 2.75) is 32.9 Å². The van der Waals surface area contributed by atoms with Gasteiger partial charge in [-0.3, -0.25) is 9.59 Å². The number of carbonyl (C=O) groups is 2. The second kappa shape index (κ2) is 9.73. The Morgan fingerprint density at radius 1 is 0.923 bits per heavy atom. The summed E-state index contributed by atoms with van der Waals surface area (Å²) in [6.07, 6.45) is 0. The standard InChI is InChI=1S/C21H27N3O2/c1-15(2)24-20(26)14-22-19(25)13-23-21(17-7-5-4-6-8-17)18-11-9-16(3)10-12-18/h4-12,15,21,23H,13-14H2,1-3H3,(H,22,25)(H,24,26)/p+1/t21-/m0/s1. The monoisotopic (exact) mass is 354 g/mol. The molecule has 0 heterocycles. The predicted octanol–water partition coefficient (Wildman–Crippen LogP) is 1.29. The molecule has 0 aromatic heterocycles. The van der Waals surface area contributed by atoms with E-state index in [9.17, 15) is 9.59 Å². The van der Waals surface area contributed by atoms with Crippen molar-refractivity contribution >= 4 is 11.8 Å². The van der Waals surface area contributed by atoms with Crippen molar-refractivity contribution in [2.75, 3.05) is 13.1 Å². The minimum atomic E-state index is -0.175. The van der Waals surface area contributed by atoms with Gasteiger partial charge in [0.25, 0.3) is 5.91 Å². The number of hydrogen-bond acceptors (Lipinski definition) is 2. The molecule has 0 aliphatic heterocycles. The summed E-state index contributed by atoms with van der Waals surface area (Å²) in [7, 11) is 0. The fraction of sp³-hybridized carbons (Fsp3) is 0.333. The zero-order chi connectivity index (χ0) is 18.9. The van der Waals surface area contributed by atoms with Crippen LogP contribution in [0.15, 0.2) is 54.6 Å². The first-order chi connectivity index (χ1) is 12.5. The maximum absolute atomic E-state index is 12.1. The third-order valence-corrected chi connectivity index (χ3v) is 4.03. The number of nitrogens with one attached hydrogen (secondary N) is 2. The summed E-state index contributed by atoms with van der Waals surface area (Å²) in [5.74, 6) is -0.330. The number of aryl methyl sites for hydroxylation is 1. The largest absolute Gasteiger partial charge is 0.352 e. The molecule has 2 amide bonds. The van der Waals surface area contributed by atoms with Crippen LogP contribution in [-0.4, -0.2) is 30.9 Å². The van der Waals surface area contributed by atoms with Crippen LogP contribution in [0.1, 0.15) is 36.6 Å². The molecule has 0 aliphatic rings. The molecule has 0 saturated carbocycles. The van der Waals surface area contributed by atoms with Crippen molar-refractivity contribution in [3.05, 3.63) is 71.3 Å². The molecule has 0 bridgehead atoms. The summed E-state index contributed by atoms with van der Waals surface area (Å²) < 4.78 is 0. The molecule has 0 aliphatic carbocycles. The zero-order valence-corrected chi connectivity index (χ0v) is 15.7. The molecule has 2 aromatic carbocycles. The Kier molecular flexibility index (Phi) is 7.36. The maximum atomic E-state index is 12.1. The molecule has 0 saturated heterocycles. The van der Waals surface area contributed by atoms with Crippen LogP contribution in [0.2, 0.25) is 0 Å². The minimum Gasteiger partial charge on any atom is -0.352 e. The van der Waals surface area contributed by atoms with Crippen LogP contribution in [0.25, 0.3) is 0 Å². The summed E-state index contributed by atoms with van der Waals surface area (Å²) in [6, 6.07) is 18.6. The molecule has 1 atom stereocenters. The number of carbonyl (C=O) groups excluding carboxylic acids is 2. The molecule has 0 radical (unpaired) electrons. The van der Waals surface area contributed by atoms with Gasteiger partial charge in [-0.15, -0.1) is 0 Å². The van der Waals surface area contributed by atoms with Crippen LogP contribution in [0.4, 0.5) is 0 Å². The number of nitrogens with two attached hydrogens (primary N) is 1. The van der Waals surface area contributed by atoms with E-state index in [1.54, 1.807) is 0 Å². The number of benzene rings is 2. The Labute approximate surface area is 155 Å². The van der Waals surface area contributed by atoms with Crippen molar-refractivity contribution in [2.24, 2.45) is 0 Å². The van der Waals surface area contributed by atoms with Gasteiger partial charge in [0.1, 0.15) is 6.04 Å². The molecule has 2 aromatic rings. The van der Waals surface area contributed by atoms with Gasteiger partial charge in [-0.05, 0) is 20.8 Å². The number of rotatable bonds is 8. The van der Waals surface area contributed by atoms with E-state index in [2.05, 4.69) is 54.0 Å². The van der Waals surface area contributed by atoms with Crippen molar-refractivity contribution in [3.63, 3.8) is 0 Å². The Bertz CT molecular complexity index is 712. The zero-order valence-electron chi connectivity index (χ0n) is 15.7. The van der Waals surface area contributed by atoms with Crippen molar-refractivity contribution in [3.8, 4) is 0 Å². The molecule has 0 spiro atoms. The normalized spacial score (nSPS) is 11.8. The van der Waals surface area contributed by atoms with Gasteiger partial charge in [0, 0.05) is 17.2 Å². The Morgan fingerprint density at radius 3 is 2.15 bits per heavy atom. The van der Waals surface area contributed by atoms with Crippen LogP contribution >= 0.6 is 0 Å². The van der Waals surface area contributed by atoms with Crippen molar-refractivity contribution < 1.29 is 14.9 Å². The van der Waals surface area contributed by atoms with E-state index in [-0.39, 0.29) is 37.0 Å². The smallest absolute Gasteiger partial charge is 0.275 e. The molecule has 2 rings (SSSR count). The first-order valence-electron chi connectivity index (χ1n) is 8.96. The second-order valence-electron chi connectivity index (χ2n) is 6.74. The fourth-order valence-corrected chi connectivity index (χ4v) is 2.75. The predicted molar refractivity (Wildman–Crippen MR) is 103 cm³/mol. The molecular weight excluding hydrogens is 326 g/mol. The van der Waals surface area contributed by atoms with E-state index in [0.29, 0.717) is 0 Å². The number of quaternary nitrogens is 1. The van der Waals surface area contributed by atoms with Gasteiger partial charge in [-0.25, -0.2) is 0 Å². The molecule has 5 nitrogen and oxygen atoms in total. The molecular formula is C21H28N3O2+. The minimum absolute atomic E-state index is 0.00535. The molecule has 0 unspecified atom stereocenters. The van der Waals surface area contributed by atoms with Crippen LogP contribution in [0.5, 0.6) is 0 Å². The van der Waals surface area contributed by atoms with E-state index >= 15 is 0 Å². The van der Waals surface area contributed by atoms with E-state index in [0.717, 1.165) is 11.1 Å². The van der Waals surface area contributed by atoms with Crippen molar-refractivity contribution in [1.29, 1.82) is 0 Å². The first-order valence-corrected chi connectivity index (χ1v) is 8.96. The molecule has 26 heavy (non-hydrogen) atoms. The fourth-order valence-electron chi connectivity index (χ4n) is 2.75. The highest BCUT2D eigenvalue weighted by Gasteiger charge is 2.19. The summed E-state index contributed by atoms with van der Waals surface area (Å²) in [5.41, 5.74) is 3.49. The van der Waals surface area contributed by atoms with Gasteiger partial charge in [0.15, 0.2) is 6.54 Å². The van der Waals surface area contributed by atoms with E-state index in [4.69, 9.17) is 0 Å². The van der Waals surface area contributed by atoms with Crippen LogP contribution < -0.4 is 16.0 Å². The van der Waals surface area contributed by atoms with Gasteiger partial charge >= 0.3 is 0 Å². The highest BCUT2D eigenvalue weighted by atomic mass is 16.2. The van der Waals surface area contributed by atoms with E-state index < -0.39 is 0 Å². The van der Waals surface area contributed by atoms with E-state index in [1.165, 1.54) is 5.56 Å². The topological polar surface area (TPSA) is 74.8 Å². The van der Waals surface area contributed by atoms with Crippen LogP contribution in [0, 0.1) is 6.92 Å². The lowest BCUT2D eigenvalue weighted by Crippen LogP contribution is -2.87.